The molecule has 12 heavy (non-hydrogen) atoms. The molecule has 0 aliphatic heterocycles. The Balaban J connectivity index is 0.00000121. The van der Waals surface area contributed by atoms with Gasteiger partial charge in [0.25, 0.3) is 0 Å². The largest absolute Gasteiger partial charge is 0.384 e. The smallest absolute Gasteiger partial charge is 0.108 e. The van der Waals surface area contributed by atoms with Crippen LogP contribution in [-0.4, -0.2) is 23.7 Å². The van der Waals surface area contributed by atoms with E-state index in [1.807, 2.05) is 0 Å². The molecule has 0 unspecified atom stereocenters. The summed E-state index contributed by atoms with van der Waals surface area (Å²) < 4.78 is 4.90. The Morgan fingerprint density at radius 1 is 1.67 bits per heavy atom. The summed E-state index contributed by atoms with van der Waals surface area (Å²) >= 11 is 5.57. The summed E-state index contributed by atoms with van der Waals surface area (Å²) in [5.74, 6) is 1.42. The van der Waals surface area contributed by atoms with Gasteiger partial charge in [0.2, 0.25) is 0 Å². The summed E-state index contributed by atoms with van der Waals surface area (Å²) in [6, 6.07) is 0. The number of nitrogens with zero attached hydrogens (tertiary/aromatic N) is 1. The van der Waals surface area contributed by atoms with Gasteiger partial charge in [-0.15, -0.1) is 24.0 Å². The SMILES string of the molecule is COCCc1ncc(CCl)[nH]1.Cl. The molecule has 0 radical (unpaired) electrons. The third-order valence-electron chi connectivity index (χ3n) is 1.37. The number of rotatable bonds is 4. The first kappa shape index (κ1) is 11.8. The third kappa shape index (κ3) is 3.43. The van der Waals surface area contributed by atoms with Crippen LogP contribution >= 0.6 is 24.0 Å². The molecule has 5 heteroatoms. The monoisotopic (exact) mass is 210 g/mol. The number of aromatic amines is 1. The van der Waals surface area contributed by atoms with Crippen LogP contribution in [0.3, 0.4) is 0 Å². The highest BCUT2D eigenvalue weighted by Gasteiger charge is 1.97. The van der Waals surface area contributed by atoms with Crippen molar-refractivity contribution < 1.29 is 4.74 Å². The highest BCUT2D eigenvalue weighted by molar-refractivity contribution is 6.16. The van der Waals surface area contributed by atoms with E-state index in [4.69, 9.17) is 16.3 Å². The van der Waals surface area contributed by atoms with Gasteiger partial charge >= 0.3 is 0 Å². The molecule has 3 nitrogen and oxygen atoms in total. The number of methoxy groups -OCH3 is 1. The van der Waals surface area contributed by atoms with E-state index in [0.29, 0.717) is 12.5 Å². The minimum atomic E-state index is 0. The first-order chi connectivity index (χ1) is 5.36. The fourth-order valence-corrected chi connectivity index (χ4v) is 0.935. The Hall–Kier alpha value is -0.250. The Labute approximate surface area is 82.9 Å². The van der Waals surface area contributed by atoms with Crippen LogP contribution in [0.1, 0.15) is 11.5 Å². The van der Waals surface area contributed by atoms with E-state index in [1.54, 1.807) is 13.3 Å². The van der Waals surface area contributed by atoms with Crippen LogP contribution in [0.5, 0.6) is 0 Å². The molecule has 0 fully saturated rings. The van der Waals surface area contributed by atoms with Crippen molar-refractivity contribution in [2.75, 3.05) is 13.7 Å². The van der Waals surface area contributed by atoms with Gasteiger partial charge in [-0.05, 0) is 0 Å². The van der Waals surface area contributed by atoms with E-state index in [1.165, 1.54) is 0 Å². The van der Waals surface area contributed by atoms with E-state index >= 15 is 0 Å². The van der Waals surface area contributed by atoms with Crippen molar-refractivity contribution in [3.8, 4) is 0 Å². The molecule has 1 aromatic rings. The third-order valence-corrected chi connectivity index (χ3v) is 1.66. The second kappa shape index (κ2) is 6.29. The van der Waals surface area contributed by atoms with Crippen molar-refractivity contribution in [3.63, 3.8) is 0 Å². The van der Waals surface area contributed by atoms with E-state index in [2.05, 4.69) is 9.97 Å². The van der Waals surface area contributed by atoms with Gasteiger partial charge < -0.3 is 9.72 Å². The topological polar surface area (TPSA) is 37.9 Å². The summed E-state index contributed by atoms with van der Waals surface area (Å²) in [5, 5.41) is 0. The quantitative estimate of drug-likeness (QED) is 0.770. The summed E-state index contributed by atoms with van der Waals surface area (Å²) in [6.07, 6.45) is 2.56. The van der Waals surface area contributed by atoms with Crippen molar-refractivity contribution in [2.45, 2.75) is 12.3 Å². The number of hydrogen-bond donors (Lipinski definition) is 1. The van der Waals surface area contributed by atoms with Gasteiger partial charge in [0.05, 0.1) is 12.5 Å². The molecule has 0 aliphatic rings. The van der Waals surface area contributed by atoms with Gasteiger partial charge in [0.15, 0.2) is 0 Å². The fourth-order valence-electron chi connectivity index (χ4n) is 0.799. The summed E-state index contributed by atoms with van der Waals surface area (Å²) in [5.41, 5.74) is 0.956. The van der Waals surface area contributed by atoms with Crippen molar-refractivity contribution in [2.24, 2.45) is 0 Å². The predicted molar refractivity (Wildman–Crippen MR) is 51.0 cm³/mol. The van der Waals surface area contributed by atoms with Gasteiger partial charge in [-0.2, -0.15) is 0 Å². The van der Waals surface area contributed by atoms with Crippen molar-refractivity contribution in [1.29, 1.82) is 0 Å². The number of H-pyrrole nitrogens is 1. The van der Waals surface area contributed by atoms with E-state index in [0.717, 1.165) is 17.9 Å². The molecule has 70 valence electrons. The molecule has 0 amide bonds. The highest BCUT2D eigenvalue weighted by Crippen LogP contribution is 2.00. The van der Waals surface area contributed by atoms with Crippen molar-refractivity contribution in [3.05, 3.63) is 17.7 Å². The molecular formula is C7H12Cl2N2O. The van der Waals surface area contributed by atoms with Crippen LogP contribution in [0.25, 0.3) is 0 Å². The first-order valence-electron chi connectivity index (χ1n) is 3.44. The van der Waals surface area contributed by atoms with Crippen molar-refractivity contribution >= 4 is 24.0 Å². The normalized spacial score (nSPS) is 9.50. The van der Waals surface area contributed by atoms with Crippen LogP contribution in [-0.2, 0) is 17.0 Å². The van der Waals surface area contributed by atoms with E-state index in [-0.39, 0.29) is 12.4 Å². The lowest BCUT2D eigenvalue weighted by Crippen LogP contribution is -1.96. The number of imidazole rings is 1. The van der Waals surface area contributed by atoms with Crippen LogP contribution in [0.2, 0.25) is 0 Å². The fraction of sp³-hybridized carbons (Fsp3) is 0.571. The molecule has 0 aliphatic carbocycles. The van der Waals surface area contributed by atoms with Gasteiger partial charge in [0, 0.05) is 25.4 Å². The number of hydrogen-bond acceptors (Lipinski definition) is 2. The number of alkyl halides is 1. The minimum absolute atomic E-state index is 0. The zero-order chi connectivity index (χ0) is 8.10. The number of ether oxygens (including phenoxy) is 1. The van der Waals surface area contributed by atoms with Crippen LogP contribution in [0.15, 0.2) is 6.20 Å². The predicted octanol–water partition coefficient (Wildman–Crippen LogP) is 1.76. The van der Waals surface area contributed by atoms with E-state index in [9.17, 15) is 0 Å². The molecular weight excluding hydrogens is 199 g/mol. The van der Waals surface area contributed by atoms with E-state index < -0.39 is 0 Å². The average Bonchev–Trinajstić information content (AvgIpc) is 2.48. The molecule has 0 bridgehead atoms. The van der Waals surface area contributed by atoms with Gasteiger partial charge in [-0.25, -0.2) is 4.98 Å². The van der Waals surface area contributed by atoms with Crippen molar-refractivity contribution in [1.82, 2.24) is 9.97 Å². The maximum atomic E-state index is 5.57. The molecule has 0 saturated carbocycles. The summed E-state index contributed by atoms with van der Waals surface area (Å²) in [6.45, 7) is 0.690. The molecule has 1 heterocycles. The maximum Gasteiger partial charge on any atom is 0.108 e. The zero-order valence-electron chi connectivity index (χ0n) is 6.84. The minimum Gasteiger partial charge on any atom is -0.384 e. The Kier molecular flexibility index (Phi) is 6.16. The summed E-state index contributed by atoms with van der Waals surface area (Å²) in [4.78, 5) is 7.18. The van der Waals surface area contributed by atoms with Crippen LogP contribution in [0.4, 0.5) is 0 Å². The van der Waals surface area contributed by atoms with Gasteiger partial charge in [-0.3, -0.25) is 0 Å². The van der Waals surface area contributed by atoms with Gasteiger partial charge in [-0.1, -0.05) is 0 Å². The zero-order valence-corrected chi connectivity index (χ0v) is 8.41. The molecule has 1 N–H and O–H groups in total. The lowest BCUT2D eigenvalue weighted by molar-refractivity contribution is 0.200. The first-order valence-corrected chi connectivity index (χ1v) is 3.98. The lowest BCUT2D eigenvalue weighted by Gasteiger charge is -1.93. The summed E-state index contributed by atoms with van der Waals surface area (Å²) in [7, 11) is 1.67. The Bertz CT molecular complexity index is 215. The molecule has 0 aromatic carbocycles. The lowest BCUT2D eigenvalue weighted by atomic mass is 10.4. The average molecular weight is 211 g/mol. The number of nitrogens with one attached hydrogen (secondary N) is 1. The molecule has 0 atom stereocenters. The number of aromatic nitrogens is 2. The Morgan fingerprint density at radius 2 is 2.42 bits per heavy atom. The van der Waals surface area contributed by atoms with Crippen LogP contribution in [0, 0.1) is 0 Å². The maximum absolute atomic E-state index is 5.57. The molecule has 1 rings (SSSR count). The van der Waals surface area contributed by atoms with Gasteiger partial charge in [0.1, 0.15) is 5.82 Å². The Morgan fingerprint density at radius 3 is 2.92 bits per heavy atom. The van der Waals surface area contributed by atoms with Crippen LogP contribution < -0.4 is 0 Å². The second-order valence-corrected chi connectivity index (χ2v) is 2.50. The highest BCUT2D eigenvalue weighted by atomic mass is 35.5. The molecule has 0 spiro atoms. The second-order valence-electron chi connectivity index (χ2n) is 2.23. The number of halogens is 2. The standard InChI is InChI=1S/C7H11ClN2O.ClH/c1-11-3-2-7-9-5-6(4-8)10-7;/h5H,2-4H2,1H3,(H,9,10);1H. The molecule has 1 aromatic heterocycles. The molecule has 0 saturated heterocycles.